The van der Waals surface area contributed by atoms with Crippen molar-refractivity contribution in [3.05, 3.63) is 0 Å². The van der Waals surface area contributed by atoms with Gasteiger partial charge in [-0.15, -0.1) is 0 Å². The van der Waals surface area contributed by atoms with Gasteiger partial charge in [-0.2, -0.15) is 0 Å². The molecular formula is C10H18O3. The number of hydrogen-bond donors (Lipinski definition) is 0. The van der Waals surface area contributed by atoms with Crippen molar-refractivity contribution in [2.24, 2.45) is 0 Å². The van der Waals surface area contributed by atoms with E-state index in [1.807, 2.05) is 0 Å². The maximum Gasteiger partial charge on any atom is 0.194 e. The van der Waals surface area contributed by atoms with Gasteiger partial charge >= 0.3 is 0 Å². The van der Waals surface area contributed by atoms with Crippen LogP contribution in [-0.2, 0) is 14.5 Å². The Morgan fingerprint density at radius 1 is 0.615 bits per heavy atom. The zero-order valence-corrected chi connectivity index (χ0v) is 8.04. The second-order valence-electron chi connectivity index (χ2n) is 3.89. The Morgan fingerprint density at radius 2 is 1.08 bits per heavy atom. The summed E-state index contributed by atoms with van der Waals surface area (Å²) in [4.78, 5) is 10.1. The second-order valence-corrected chi connectivity index (χ2v) is 3.89. The first kappa shape index (κ1) is 9.44. The van der Waals surface area contributed by atoms with E-state index in [9.17, 15) is 0 Å². The van der Waals surface area contributed by atoms with Crippen LogP contribution < -0.4 is 0 Å². The molecule has 2 heterocycles. The zero-order chi connectivity index (χ0) is 8.93. The van der Waals surface area contributed by atoms with Gasteiger partial charge in [0.1, 0.15) is 0 Å². The zero-order valence-electron chi connectivity index (χ0n) is 8.04. The van der Waals surface area contributed by atoms with Crippen LogP contribution in [0.25, 0.3) is 0 Å². The minimum atomic E-state index is -0.0944. The van der Waals surface area contributed by atoms with Crippen LogP contribution in [0.15, 0.2) is 0 Å². The fraction of sp³-hybridized carbons (Fsp3) is 1.00. The van der Waals surface area contributed by atoms with E-state index in [0.717, 1.165) is 12.8 Å². The summed E-state index contributed by atoms with van der Waals surface area (Å²) in [6.07, 6.45) is 9.48. The van der Waals surface area contributed by atoms with E-state index in [1.54, 1.807) is 0 Å². The van der Waals surface area contributed by atoms with Crippen molar-refractivity contribution in [1.82, 2.24) is 0 Å². The largest absolute Gasteiger partial charge is 0.318 e. The molecule has 76 valence electrons. The van der Waals surface area contributed by atoms with Crippen LogP contribution in [-0.4, -0.2) is 12.6 Å². The molecule has 2 rings (SSSR count). The number of rotatable bonds is 0. The Labute approximate surface area is 79.3 Å². The van der Waals surface area contributed by atoms with E-state index < -0.39 is 0 Å². The lowest BCUT2D eigenvalue weighted by molar-refractivity contribution is -0.298. The van der Waals surface area contributed by atoms with Crippen LogP contribution in [0, 0.1) is 0 Å². The predicted octanol–water partition coefficient (Wildman–Crippen LogP) is 2.75. The summed E-state index contributed by atoms with van der Waals surface area (Å²) in [6, 6.07) is 0. The highest BCUT2D eigenvalue weighted by atomic mass is 17.3. The molecule has 2 atom stereocenters. The van der Waals surface area contributed by atoms with E-state index in [0.29, 0.717) is 0 Å². The molecule has 13 heavy (non-hydrogen) atoms. The lowest BCUT2D eigenvalue weighted by Crippen LogP contribution is -2.11. The van der Waals surface area contributed by atoms with Gasteiger partial charge in [-0.05, 0) is 12.8 Å². The van der Waals surface area contributed by atoms with Crippen molar-refractivity contribution in [1.29, 1.82) is 0 Å². The van der Waals surface area contributed by atoms with Gasteiger partial charge in [0.15, 0.2) is 12.6 Å². The first-order valence-corrected chi connectivity index (χ1v) is 5.43. The minimum absolute atomic E-state index is 0.0944. The molecule has 3 nitrogen and oxygen atoms in total. The molecule has 2 unspecified atom stereocenters. The Balaban J connectivity index is 1.79. The summed E-state index contributed by atoms with van der Waals surface area (Å²) in [7, 11) is 0. The molecule has 0 aliphatic carbocycles. The minimum Gasteiger partial charge on any atom is -0.318 e. The predicted molar refractivity (Wildman–Crippen MR) is 47.8 cm³/mol. The standard InChI is InChI=1S/C10H18O3/c1-2-4-6-8-10-11-9(12-13-10)7-5-3-1/h9-10H,1-8H2. The molecule has 2 bridgehead atoms. The van der Waals surface area contributed by atoms with Crippen LogP contribution in [0.2, 0.25) is 0 Å². The molecule has 2 aliphatic heterocycles. The summed E-state index contributed by atoms with van der Waals surface area (Å²) >= 11 is 0. The highest BCUT2D eigenvalue weighted by Crippen LogP contribution is 2.24. The SMILES string of the molecule is C1CCCCC2OOC(CCC1)O2. The molecule has 0 aromatic carbocycles. The van der Waals surface area contributed by atoms with E-state index in [4.69, 9.17) is 14.5 Å². The molecule has 3 heteroatoms. The third-order valence-electron chi connectivity index (χ3n) is 2.70. The molecule has 0 radical (unpaired) electrons. The Kier molecular flexibility index (Phi) is 3.58. The second kappa shape index (κ2) is 4.94. The van der Waals surface area contributed by atoms with Gasteiger partial charge in [-0.1, -0.05) is 25.7 Å². The summed E-state index contributed by atoms with van der Waals surface area (Å²) in [5, 5.41) is 0. The van der Waals surface area contributed by atoms with Crippen molar-refractivity contribution in [2.45, 2.75) is 63.9 Å². The van der Waals surface area contributed by atoms with Crippen molar-refractivity contribution < 1.29 is 14.5 Å². The topological polar surface area (TPSA) is 27.7 Å². The highest BCUT2D eigenvalue weighted by Gasteiger charge is 2.27. The van der Waals surface area contributed by atoms with Crippen molar-refractivity contribution in [3.63, 3.8) is 0 Å². The van der Waals surface area contributed by atoms with E-state index in [2.05, 4.69) is 0 Å². The summed E-state index contributed by atoms with van der Waals surface area (Å²) in [5.74, 6) is 0. The molecule has 2 fully saturated rings. The molecular weight excluding hydrogens is 168 g/mol. The number of hydrogen-bond acceptors (Lipinski definition) is 3. The molecule has 0 N–H and O–H groups in total. The van der Waals surface area contributed by atoms with Crippen LogP contribution in [0.3, 0.4) is 0 Å². The molecule has 2 saturated heterocycles. The van der Waals surface area contributed by atoms with Gasteiger partial charge in [-0.25, -0.2) is 9.78 Å². The van der Waals surface area contributed by atoms with Crippen molar-refractivity contribution in [2.75, 3.05) is 0 Å². The number of fused-ring (bicyclic) bond motifs is 2. The first-order valence-electron chi connectivity index (χ1n) is 5.43. The van der Waals surface area contributed by atoms with Crippen LogP contribution in [0.4, 0.5) is 0 Å². The normalized spacial score (nSPS) is 36.9. The Bertz CT molecular complexity index is 133. The quantitative estimate of drug-likeness (QED) is 0.544. The Morgan fingerprint density at radius 3 is 1.62 bits per heavy atom. The average molecular weight is 186 g/mol. The van der Waals surface area contributed by atoms with E-state index in [-0.39, 0.29) is 12.6 Å². The smallest absolute Gasteiger partial charge is 0.194 e. The van der Waals surface area contributed by atoms with Gasteiger partial charge in [0.25, 0.3) is 0 Å². The fourth-order valence-electron chi connectivity index (χ4n) is 1.90. The van der Waals surface area contributed by atoms with Gasteiger partial charge in [0, 0.05) is 12.8 Å². The molecule has 0 aromatic heterocycles. The van der Waals surface area contributed by atoms with Gasteiger partial charge < -0.3 is 4.74 Å². The maximum atomic E-state index is 5.55. The third kappa shape index (κ3) is 2.93. The molecule has 0 amide bonds. The Hall–Kier alpha value is -0.120. The molecule has 2 aliphatic rings. The van der Waals surface area contributed by atoms with Crippen molar-refractivity contribution >= 4 is 0 Å². The maximum absolute atomic E-state index is 5.55. The van der Waals surface area contributed by atoms with E-state index >= 15 is 0 Å². The molecule has 0 spiro atoms. The van der Waals surface area contributed by atoms with Crippen LogP contribution in [0.1, 0.15) is 51.4 Å². The van der Waals surface area contributed by atoms with E-state index in [1.165, 1.54) is 38.5 Å². The van der Waals surface area contributed by atoms with Gasteiger partial charge in [-0.3, -0.25) is 0 Å². The molecule has 0 saturated carbocycles. The van der Waals surface area contributed by atoms with Crippen molar-refractivity contribution in [3.8, 4) is 0 Å². The van der Waals surface area contributed by atoms with Crippen LogP contribution in [0.5, 0.6) is 0 Å². The summed E-state index contributed by atoms with van der Waals surface area (Å²) < 4.78 is 5.55. The summed E-state index contributed by atoms with van der Waals surface area (Å²) in [6.45, 7) is 0. The fourth-order valence-corrected chi connectivity index (χ4v) is 1.90. The number of ether oxygens (including phenoxy) is 1. The summed E-state index contributed by atoms with van der Waals surface area (Å²) in [5.41, 5.74) is 0. The average Bonchev–Trinajstić information content (AvgIpc) is 2.52. The molecule has 0 aromatic rings. The third-order valence-corrected chi connectivity index (χ3v) is 2.70. The highest BCUT2D eigenvalue weighted by molar-refractivity contribution is 4.57. The lowest BCUT2D eigenvalue weighted by atomic mass is 10.1. The van der Waals surface area contributed by atoms with Crippen LogP contribution >= 0.6 is 0 Å². The monoisotopic (exact) mass is 186 g/mol. The van der Waals surface area contributed by atoms with Gasteiger partial charge in [0.2, 0.25) is 0 Å². The first-order chi connectivity index (χ1) is 6.45. The lowest BCUT2D eigenvalue weighted by Gasteiger charge is -2.05. The van der Waals surface area contributed by atoms with Gasteiger partial charge in [0.05, 0.1) is 0 Å².